The van der Waals surface area contributed by atoms with Gasteiger partial charge in [-0.05, 0) is 50.7 Å². The highest BCUT2D eigenvalue weighted by Gasteiger charge is 2.23. The number of hydrogen-bond donors (Lipinski definition) is 1. The zero-order valence-electron chi connectivity index (χ0n) is 10.3. The molecule has 0 spiro atoms. The van der Waals surface area contributed by atoms with Crippen LogP contribution in [0.1, 0.15) is 12.8 Å². The maximum atomic E-state index is 12.1. The molecular weight excluding hydrogens is 272 g/mol. The Balaban J connectivity index is 2.09. The van der Waals surface area contributed by atoms with Crippen LogP contribution in [0.4, 0.5) is 0 Å². The highest BCUT2D eigenvalue weighted by atomic mass is 35.5. The molecule has 1 aromatic carbocycles. The maximum absolute atomic E-state index is 12.1. The summed E-state index contributed by atoms with van der Waals surface area (Å²) in [5.74, 6) is 0. The smallest absolute Gasteiger partial charge is 0.240 e. The Bertz CT molecular complexity index is 501. The van der Waals surface area contributed by atoms with Crippen molar-refractivity contribution in [3.63, 3.8) is 0 Å². The average molecular weight is 289 g/mol. The largest absolute Gasteiger partial charge is 0.305 e. The van der Waals surface area contributed by atoms with Crippen LogP contribution in [0.2, 0.25) is 5.02 Å². The van der Waals surface area contributed by atoms with Crippen molar-refractivity contribution in [3.8, 4) is 0 Å². The van der Waals surface area contributed by atoms with E-state index in [1.165, 1.54) is 12.1 Å². The van der Waals surface area contributed by atoms with E-state index >= 15 is 0 Å². The molecule has 18 heavy (non-hydrogen) atoms. The number of hydrogen-bond acceptors (Lipinski definition) is 3. The lowest BCUT2D eigenvalue weighted by atomic mass is 10.1. The topological polar surface area (TPSA) is 49.4 Å². The summed E-state index contributed by atoms with van der Waals surface area (Å²) < 4.78 is 27.0. The van der Waals surface area contributed by atoms with E-state index in [1.807, 2.05) is 7.05 Å². The molecule has 1 saturated heterocycles. The molecule has 0 aliphatic carbocycles. The SMILES string of the molecule is CN1CCC[C@H](NS(=O)(=O)c2ccc(Cl)cc2)C1. The molecule has 100 valence electrons. The van der Waals surface area contributed by atoms with E-state index in [-0.39, 0.29) is 10.9 Å². The third-order valence-corrected chi connectivity index (χ3v) is 4.86. The second-order valence-electron chi connectivity index (χ2n) is 4.68. The Morgan fingerprint density at radius 2 is 2.00 bits per heavy atom. The molecule has 1 aromatic rings. The minimum Gasteiger partial charge on any atom is -0.305 e. The number of halogens is 1. The number of rotatable bonds is 3. The van der Waals surface area contributed by atoms with E-state index < -0.39 is 10.0 Å². The minimum atomic E-state index is -3.44. The van der Waals surface area contributed by atoms with E-state index in [4.69, 9.17) is 11.6 Å². The van der Waals surface area contributed by atoms with Crippen molar-refractivity contribution in [1.29, 1.82) is 0 Å². The lowest BCUT2D eigenvalue weighted by molar-refractivity contribution is 0.242. The second kappa shape index (κ2) is 5.57. The number of likely N-dealkylation sites (N-methyl/N-ethyl adjacent to an activating group) is 1. The zero-order chi connectivity index (χ0) is 13.2. The summed E-state index contributed by atoms with van der Waals surface area (Å²) in [7, 11) is -1.43. The van der Waals surface area contributed by atoms with E-state index in [9.17, 15) is 8.42 Å². The van der Waals surface area contributed by atoms with Crippen LogP contribution < -0.4 is 4.72 Å². The minimum absolute atomic E-state index is 0.00979. The number of sulfonamides is 1. The van der Waals surface area contributed by atoms with Crippen LogP contribution in [-0.4, -0.2) is 39.5 Å². The molecule has 1 atom stereocenters. The van der Waals surface area contributed by atoms with Gasteiger partial charge >= 0.3 is 0 Å². The molecule has 0 radical (unpaired) electrons. The van der Waals surface area contributed by atoms with Crippen LogP contribution >= 0.6 is 11.6 Å². The van der Waals surface area contributed by atoms with E-state index in [0.29, 0.717) is 5.02 Å². The molecule has 1 aliphatic rings. The summed E-state index contributed by atoms with van der Waals surface area (Å²) in [4.78, 5) is 2.40. The third kappa shape index (κ3) is 3.45. The summed E-state index contributed by atoms with van der Waals surface area (Å²) in [6.45, 7) is 1.78. The van der Waals surface area contributed by atoms with E-state index in [2.05, 4.69) is 9.62 Å². The fourth-order valence-corrected chi connectivity index (χ4v) is 3.55. The Hall–Kier alpha value is -0.620. The summed E-state index contributed by atoms with van der Waals surface area (Å²) >= 11 is 5.75. The summed E-state index contributed by atoms with van der Waals surface area (Å²) in [6.07, 6.45) is 1.90. The molecule has 1 fully saturated rings. The lowest BCUT2D eigenvalue weighted by Crippen LogP contribution is -2.46. The van der Waals surface area contributed by atoms with Gasteiger partial charge in [-0.25, -0.2) is 13.1 Å². The first-order valence-electron chi connectivity index (χ1n) is 5.94. The molecule has 1 N–H and O–H groups in total. The molecule has 4 nitrogen and oxygen atoms in total. The number of piperidine rings is 1. The van der Waals surface area contributed by atoms with Gasteiger partial charge in [0, 0.05) is 17.6 Å². The van der Waals surface area contributed by atoms with Crippen molar-refractivity contribution < 1.29 is 8.42 Å². The first-order chi connectivity index (χ1) is 8.47. The molecule has 0 saturated carbocycles. The Labute approximate surface area is 113 Å². The molecule has 0 bridgehead atoms. The van der Waals surface area contributed by atoms with Gasteiger partial charge in [-0.15, -0.1) is 0 Å². The zero-order valence-corrected chi connectivity index (χ0v) is 11.8. The Morgan fingerprint density at radius 1 is 1.33 bits per heavy atom. The Morgan fingerprint density at radius 3 is 2.61 bits per heavy atom. The quantitative estimate of drug-likeness (QED) is 0.921. The standard InChI is InChI=1S/C12H17ClN2O2S/c1-15-8-2-3-11(9-15)14-18(16,17)12-6-4-10(13)5-7-12/h4-7,11,14H,2-3,8-9H2,1H3/t11-/m0/s1. The van der Waals surface area contributed by atoms with Crippen LogP contribution in [0.25, 0.3) is 0 Å². The van der Waals surface area contributed by atoms with Crippen LogP contribution in [0.3, 0.4) is 0 Å². The molecule has 0 amide bonds. The van der Waals surface area contributed by atoms with Crippen LogP contribution in [0, 0.1) is 0 Å². The van der Waals surface area contributed by atoms with Gasteiger partial charge in [0.15, 0.2) is 0 Å². The van der Waals surface area contributed by atoms with Gasteiger partial charge in [0.25, 0.3) is 0 Å². The monoisotopic (exact) mass is 288 g/mol. The predicted octanol–water partition coefficient (Wildman–Crippen LogP) is 1.71. The maximum Gasteiger partial charge on any atom is 0.240 e. The van der Waals surface area contributed by atoms with Gasteiger partial charge in [-0.1, -0.05) is 11.6 Å². The number of likely N-dealkylation sites (tertiary alicyclic amines) is 1. The summed E-state index contributed by atoms with van der Waals surface area (Å²) in [6, 6.07) is 6.21. The Kier molecular flexibility index (Phi) is 4.27. The molecule has 1 heterocycles. The number of nitrogens with zero attached hydrogens (tertiary/aromatic N) is 1. The van der Waals surface area contributed by atoms with Crippen molar-refractivity contribution in [2.75, 3.05) is 20.1 Å². The van der Waals surface area contributed by atoms with Crippen LogP contribution in [-0.2, 0) is 10.0 Å². The van der Waals surface area contributed by atoms with Crippen molar-refractivity contribution in [3.05, 3.63) is 29.3 Å². The lowest BCUT2D eigenvalue weighted by Gasteiger charge is -2.29. The molecule has 0 unspecified atom stereocenters. The first kappa shape index (κ1) is 13.8. The molecular formula is C12H17ClN2O2S. The van der Waals surface area contributed by atoms with E-state index in [0.717, 1.165) is 25.9 Å². The average Bonchev–Trinajstić information content (AvgIpc) is 2.29. The van der Waals surface area contributed by atoms with Gasteiger partial charge in [0.2, 0.25) is 10.0 Å². The van der Waals surface area contributed by atoms with Crippen molar-refractivity contribution in [2.24, 2.45) is 0 Å². The van der Waals surface area contributed by atoms with Gasteiger partial charge in [-0.3, -0.25) is 0 Å². The normalized spacial score (nSPS) is 22.0. The second-order valence-corrected chi connectivity index (χ2v) is 6.83. The summed E-state index contributed by atoms with van der Waals surface area (Å²) in [5.41, 5.74) is 0. The van der Waals surface area contributed by atoms with E-state index in [1.54, 1.807) is 12.1 Å². The molecule has 6 heteroatoms. The molecule has 0 aromatic heterocycles. The van der Waals surface area contributed by atoms with Crippen LogP contribution in [0.15, 0.2) is 29.2 Å². The highest BCUT2D eigenvalue weighted by molar-refractivity contribution is 7.89. The molecule has 2 rings (SSSR count). The van der Waals surface area contributed by atoms with Crippen molar-refractivity contribution in [1.82, 2.24) is 9.62 Å². The van der Waals surface area contributed by atoms with Gasteiger partial charge in [0.05, 0.1) is 4.90 Å². The van der Waals surface area contributed by atoms with Gasteiger partial charge in [0.1, 0.15) is 0 Å². The fourth-order valence-electron chi connectivity index (χ4n) is 2.16. The van der Waals surface area contributed by atoms with Gasteiger partial charge < -0.3 is 4.90 Å². The third-order valence-electron chi connectivity index (χ3n) is 3.07. The predicted molar refractivity (Wildman–Crippen MR) is 72.3 cm³/mol. The van der Waals surface area contributed by atoms with Crippen LogP contribution in [0.5, 0.6) is 0 Å². The summed E-state index contributed by atoms with van der Waals surface area (Å²) in [5, 5.41) is 0.534. The van der Waals surface area contributed by atoms with Gasteiger partial charge in [-0.2, -0.15) is 0 Å². The number of benzene rings is 1. The molecule has 1 aliphatic heterocycles. The first-order valence-corrected chi connectivity index (χ1v) is 7.80. The highest BCUT2D eigenvalue weighted by Crippen LogP contribution is 2.16. The fraction of sp³-hybridized carbons (Fsp3) is 0.500. The number of nitrogens with one attached hydrogen (secondary N) is 1. The van der Waals surface area contributed by atoms with Crippen molar-refractivity contribution in [2.45, 2.75) is 23.8 Å². The van der Waals surface area contributed by atoms with Crippen molar-refractivity contribution >= 4 is 21.6 Å².